The van der Waals surface area contributed by atoms with Crippen molar-refractivity contribution in [3.05, 3.63) is 83.9 Å². The zero-order valence-corrected chi connectivity index (χ0v) is 19.3. The molecule has 0 radical (unpaired) electrons. The van der Waals surface area contributed by atoms with Crippen LogP contribution in [0.15, 0.2) is 82.1 Å². The van der Waals surface area contributed by atoms with Crippen molar-refractivity contribution >= 4 is 39.0 Å². The van der Waals surface area contributed by atoms with Gasteiger partial charge in [-0.3, -0.25) is 9.59 Å². The van der Waals surface area contributed by atoms with E-state index in [9.17, 15) is 18.0 Å². The summed E-state index contributed by atoms with van der Waals surface area (Å²) in [4.78, 5) is 27.2. The Hall–Kier alpha value is -4.18. The number of carbonyl (C=O) groups excluding carboxylic acids is 2. The Morgan fingerprint density at radius 1 is 0.971 bits per heavy atom. The van der Waals surface area contributed by atoms with Crippen LogP contribution in [0.3, 0.4) is 0 Å². The van der Waals surface area contributed by atoms with E-state index in [4.69, 9.17) is 4.74 Å². The second-order valence-corrected chi connectivity index (χ2v) is 9.09. The fourth-order valence-corrected chi connectivity index (χ4v) is 4.78. The number of ether oxygens (including phenoxy) is 1. The standard InChI is InChI=1S/C24H22N4O5S/c1-28(23-19-11-4-6-13-21(19)34(31,32)27-23)15-22(29)26-20-12-5-3-10-18(20)24(30)25-16-8-7-9-17(14-16)33-2/h3-14H,15H2,1-2H3,(H,25,30)(H,26,29). The van der Waals surface area contributed by atoms with Gasteiger partial charge in [-0.15, -0.1) is 4.40 Å². The number of likely N-dealkylation sites (N-methyl/N-ethyl adjacent to an activating group) is 1. The highest BCUT2D eigenvalue weighted by Gasteiger charge is 2.31. The first kappa shape index (κ1) is 23.0. The van der Waals surface area contributed by atoms with E-state index in [-0.39, 0.29) is 22.8 Å². The van der Waals surface area contributed by atoms with E-state index >= 15 is 0 Å². The van der Waals surface area contributed by atoms with Gasteiger partial charge >= 0.3 is 0 Å². The van der Waals surface area contributed by atoms with Crippen LogP contribution in [0.1, 0.15) is 15.9 Å². The Balaban J connectivity index is 1.48. The Morgan fingerprint density at radius 2 is 1.71 bits per heavy atom. The molecular formula is C24H22N4O5S. The van der Waals surface area contributed by atoms with Crippen molar-refractivity contribution in [1.29, 1.82) is 0 Å². The minimum absolute atomic E-state index is 0.108. The molecule has 174 valence electrons. The third kappa shape index (κ3) is 4.76. The molecule has 10 heteroatoms. The first-order chi connectivity index (χ1) is 16.3. The maximum Gasteiger partial charge on any atom is 0.285 e. The molecule has 34 heavy (non-hydrogen) atoms. The molecule has 0 saturated heterocycles. The first-order valence-corrected chi connectivity index (χ1v) is 11.7. The average Bonchev–Trinajstić information content (AvgIpc) is 3.10. The van der Waals surface area contributed by atoms with Crippen LogP contribution < -0.4 is 15.4 Å². The summed E-state index contributed by atoms with van der Waals surface area (Å²) in [6.07, 6.45) is 0. The molecule has 2 N–H and O–H groups in total. The smallest absolute Gasteiger partial charge is 0.285 e. The number of amides is 2. The van der Waals surface area contributed by atoms with Gasteiger partial charge in [-0.1, -0.05) is 30.3 Å². The Labute approximate surface area is 197 Å². The summed E-state index contributed by atoms with van der Waals surface area (Å²) in [5.74, 6) is -0.0538. The van der Waals surface area contributed by atoms with E-state index in [1.807, 2.05) is 0 Å². The predicted molar refractivity (Wildman–Crippen MR) is 129 cm³/mol. The largest absolute Gasteiger partial charge is 0.497 e. The van der Waals surface area contributed by atoms with Crippen LogP contribution in [-0.4, -0.2) is 51.7 Å². The summed E-state index contributed by atoms with van der Waals surface area (Å²) >= 11 is 0. The molecule has 4 rings (SSSR count). The number of benzene rings is 3. The van der Waals surface area contributed by atoms with Crippen molar-refractivity contribution in [2.45, 2.75) is 4.90 Å². The highest BCUT2D eigenvalue weighted by Crippen LogP contribution is 2.27. The number of para-hydroxylation sites is 1. The zero-order valence-electron chi connectivity index (χ0n) is 18.5. The number of anilines is 2. The highest BCUT2D eigenvalue weighted by atomic mass is 32.2. The highest BCUT2D eigenvalue weighted by molar-refractivity contribution is 7.90. The van der Waals surface area contributed by atoms with Crippen molar-refractivity contribution in [2.24, 2.45) is 4.40 Å². The number of nitrogens with zero attached hydrogens (tertiary/aromatic N) is 2. The van der Waals surface area contributed by atoms with E-state index < -0.39 is 21.8 Å². The molecule has 3 aromatic carbocycles. The number of hydrogen-bond donors (Lipinski definition) is 2. The van der Waals surface area contributed by atoms with E-state index in [1.54, 1.807) is 73.8 Å². The molecule has 0 aliphatic carbocycles. The van der Waals surface area contributed by atoms with E-state index in [2.05, 4.69) is 15.0 Å². The van der Waals surface area contributed by atoms with E-state index in [1.165, 1.54) is 18.1 Å². The molecule has 3 aromatic rings. The van der Waals surface area contributed by atoms with Crippen molar-refractivity contribution in [2.75, 3.05) is 31.3 Å². The average molecular weight is 479 g/mol. The van der Waals surface area contributed by atoms with Crippen molar-refractivity contribution in [3.63, 3.8) is 0 Å². The van der Waals surface area contributed by atoms with Crippen molar-refractivity contribution in [3.8, 4) is 5.75 Å². The van der Waals surface area contributed by atoms with Crippen molar-refractivity contribution in [1.82, 2.24) is 4.90 Å². The lowest BCUT2D eigenvalue weighted by molar-refractivity contribution is -0.116. The maximum atomic E-state index is 12.9. The van der Waals surface area contributed by atoms with Gasteiger partial charge in [0.15, 0.2) is 5.84 Å². The minimum atomic E-state index is -3.79. The molecule has 0 fully saturated rings. The fraction of sp³-hybridized carbons (Fsp3) is 0.125. The molecule has 1 aliphatic heterocycles. The number of methoxy groups -OCH3 is 1. The molecule has 0 spiro atoms. The number of sulfonamides is 1. The van der Waals surface area contributed by atoms with E-state index in [0.717, 1.165) is 0 Å². The molecule has 0 bridgehead atoms. The lowest BCUT2D eigenvalue weighted by Gasteiger charge is -2.19. The monoisotopic (exact) mass is 478 g/mol. The number of fused-ring (bicyclic) bond motifs is 1. The molecule has 0 aromatic heterocycles. The quantitative estimate of drug-likeness (QED) is 0.563. The molecule has 9 nitrogen and oxygen atoms in total. The van der Waals surface area contributed by atoms with Gasteiger partial charge in [0.2, 0.25) is 5.91 Å². The Bertz CT molecular complexity index is 1400. The van der Waals surface area contributed by atoms with Gasteiger partial charge < -0.3 is 20.3 Å². The van der Waals surface area contributed by atoms with Gasteiger partial charge in [-0.05, 0) is 36.4 Å². The van der Waals surface area contributed by atoms with Crippen LogP contribution in [0.4, 0.5) is 11.4 Å². The second kappa shape index (κ2) is 9.36. The first-order valence-electron chi connectivity index (χ1n) is 10.3. The predicted octanol–water partition coefficient (Wildman–Crippen LogP) is 2.97. The molecular weight excluding hydrogens is 456 g/mol. The number of amidine groups is 1. The summed E-state index contributed by atoms with van der Waals surface area (Å²) < 4.78 is 33.6. The SMILES string of the molecule is COc1cccc(NC(=O)c2ccccc2NC(=O)CN(C)C2=NS(=O)(=O)c3ccccc32)c1. The van der Waals surface area contributed by atoms with Crippen LogP contribution in [0.5, 0.6) is 5.75 Å². The normalized spacial score (nSPS) is 13.4. The number of rotatable bonds is 6. The fourth-order valence-electron chi connectivity index (χ4n) is 3.53. The summed E-state index contributed by atoms with van der Waals surface area (Å²) in [5.41, 5.74) is 1.58. The molecule has 0 saturated carbocycles. The minimum Gasteiger partial charge on any atom is -0.497 e. The maximum absolute atomic E-state index is 12.9. The van der Waals surface area contributed by atoms with Gasteiger partial charge in [0.25, 0.3) is 15.9 Å². The Kier molecular flexibility index (Phi) is 6.33. The third-order valence-corrected chi connectivity index (χ3v) is 6.45. The van der Waals surface area contributed by atoms with Crippen molar-refractivity contribution < 1.29 is 22.7 Å². The van der Waals surface area contributed by atoms with E-state index in [0.29, 0.717) is 22.7 Å². The number of carbonyl (C=O) groups is 2. The van der Waals surface area contributed by atoms with Gasteiger partial charge in [-0.2, -0.15) is 8.42 Å². The summed E-state index contributed by atoms with van der Waals surface area (Å²) in [6.45, 7) is -0.172. The van der Waals surface area contributed by atoms with Gasteiger partial charge in [0, 0.05) is 24.4 Å². The number of hydrogen-bond acceptors (Lipinski definition) is 6. The lowest BCUT2D eigenvalue weighted by Crippen LogP contribution is -2.35. The number of nitrogens with one attached hydrogen (secondary N) is 2. The third-order valence-electron chi connectivity index (χ3n) is 5.13. The zero-order chi connectivity index (χ0) is 24.3. The van der Waals surface area contributed by atoms with Gasteiger partial charge in [0.1, 0.15) is 10.6 Å². The Morgan fingerprint density at radius 3 is 2.50 bits per heavy atom. The van der Waals surface area contributed by atoms with Crippen LogP contribution in [0, 0.1) is 0 Å². The molecule has 1 aliphatic rings. The van der Waals surface area contributed by atoms with Crippen LogP contribution in [0.2, 0.25) is 0 Å². The van der Waals surface area contributed by atoms with Crippen LogP contribution >= 0.6 is 0 Å². The lowest BCUT2D eigenvalue weighted by atomic mass is 10.1. The molecule has 0 unspecified atom stereocenters. The van der Waals surface area contributed by atoms with Gasteiger partial charge in [0.05, 0.1) is 24.9 Å². The van der Waals surface area contributed by atoms with Crippen LogP contribution in [-0.2, 0) is 14.8 Å². The molecule has 1 heterocycles. The second-order valence-electron chi connectivity index (χ2n) is 7.52. The summed E-state index contributed by atoms with van der Waals surface area (Å²) in [5, 5.41) is 5.51. The summed E-state index contributed by atoms with van der Waals surface area (Å²) in [6, 6.07) is 20.0. The molecule has 2 amide bonds. The summed E-state index contributed by atoms with van der Waals surface area (Å²) in [7, 11) is -0.678. The van der Waals surface area contributed by atoms with Gasteiger partial charge in [-0.25, -0.2) is 0 Å². The van der Waals surface area contributed by atoms with Crippen LogP contribution in [0.25, 0.3) is 0 Å². The topological polar surface area (TPSA) is 117 Å². The molecule has 0 atom stereocenters.